The van der Waals surface area contributed by atoms with Gasteiger partial charge in [0.25, 0.3) is 0 Å². The van der Waals surface area contributed by atoms with Crippen LogP contribution in [0.1, 0.15) is 11.4 Å². The molecule has 0 amide bonds. The summed E-state index contributed by atoms with van der Waals surface area (Å²) >= 11 is 0. The molecule has 0 aliphatic carbocycles. The number of rotatable bonds is 1. The first-order valence-corrected chi connectivity index (χ1v) is 4.90. The quantitative estimate of drug-likeness (QED) is 0.739. The first-order valence-electron chi connectivity index (χ1n) is 4.90. The SMILES string of the molecule is Cc1ccc(C)n1-c1c(N)cc(F)cc1F. The van der Waals surface area contributed by atoms with Crippen molar-refractivity contribution in [3.05, 3.63) is 47.3 Å². The van der Waals surface area contributed by atoms with Gasteiger partial charge in [0.2, 0.25) is 0 Å². The number of nitrogen functional groups attached to an aromatic ring is 1. The molecular formula is C12H12F2N2. The minimum Gasteiger partial charge on any atom is -0.397 e. The molecule has 0 spiro atoms. The van der Waals surface area contributed by atoms with Crippen LogP contribution in [-0.2, 0) is 0 Å². The van der Waals surface area contributed by atoms with Gasteiger partial charge in [0.05, 0.1) is 5.69 Å². The number of nitrogens with two attached hydrogens (primary N) is 1. The second kappa shape index (κ2) is 3.63. The van der Waals surface area contributed by atoms with Gasteiger partial charge in [-0.25, -0.2) is 8.78 Å². The average Bonchev–Trinajstić information content (AvgIpc) is 2.47. The summed E-state index contributed by atoms with van der Waals surface area (Å²) in [4.78, 5) is 0. The predicted molar refractivity (Wildman–Crippen MR) is 59.6 cm³/mol. The van der Waals surface area contributed by atoms with Crippen molar-refractivity contribution in [2.24, 2.45) is 0 Å². The molecule has 0 atom stereocenters. The van der Waals surface area contributed by atoms with Crippen LogP contribution in [0.25, 0.3) is 5.69 Å². The summed E-state index contributed by atoms with van der Waals surface area (Å²) in [5.41, 5.74) is 7.67. The topological polar surface area (TPSA) is 30.9 Å². The van der Waals surface area contributed by atoms with Crippen molar-refractivity contribution in [3.63, 3.8) is 0 Å². The Balaban J connectivity index is 2.74. The molecule has 0 saturated heterocycles. The Hall–Kier alpha value is -1.84. The summed E-state index contributed by atoms with van der Waals surface area (Å²) in [7, 11) is 0. The summed E-state index contributed by atoms with van der Waals surface area (Å²) in [6.45, 7) is 3.68. The third-order valence-electron chi connectivity index (χ3n) is 2.55. The molecule has 2 nitrogen and oxygen atoms in total. The van der Waals surface area contributed by atoms with E-state index >= 15 is 0 Å². The Morgan fingerprint density at radius 2 is 1.62 bits per heavy atom. The number of aryl methyl sites for hydroxylation is 2. The van der Waals surface area contributed by atoms with Gasteiger partial charge in [-0.05, 0) is 32.0 Å². The van der Waals surface area contributed by atoms with E-state index in [-0.39, 0.29) is 11.4 Å². The highest BCUT2D eigenvalue weighted by molar-refractivity contribution is 5.60. The van der Waals surface area contributed by atoms with Crippen LogP contribution in [0, 0.1) is 25.5 Å². The van der Waals surface area contributed by atoms with Crippen LogP contribution in [0.2, 0.25) is 0 Å². The fourth-order valence-corrected chi connectivity index (χ4v) is 1.84. The van der Waals surface area contributed by atoms with Gasteiger partial charge in [-0.3, -0.25) is 0 Å². The molecule has 2 N–H and O–H groups in total. The molecule has 16 heavy (non-hydrogen) atoms. The van der Waals surface area contributed by atoms with E-state index in [4.69, 9.17) is 5.73 Å². The summed E-state index contributed by atoms with van der Waals surface area (Å²) in [5.74, 6) is -1.32. The number of halogens is 2. The molecule has 2 aromatic rings. The standard InChI is InChI=1S/C12H12F2N2/c1-7-3-4-8(2)16(7)12-10(14)5-9(13)6-11(12)15/h3-6H,15H2,1-2H3. The van der Waals surface area contributed by atoms with Gasteiger partial charge >= 0.3 is 0 Å². The number of hydrogen-bond acceptors (Lipinski definition) is 1. The molecule has 1 heterocycles. The zero-order valence-electron chi connectivity index (χ0n) is 9.09. The maximum atomic E-state index is 13.7. The fraction of sp³-hybridized carbons (Fsp3) is 0.167. The average molecular weight is 222 g/mol. The van der Waals surface area contributed by atoms with Crippen molar-refractivity contribution >= 4 is 5.69 Å². The molecular weight excluding hydrogens is 210 g/mol. The van der Waals surface area contributed by atoms with Crippen LogP contribution < -0.4 is 5.73 Å². The number of nitrogens with zero attached hydrogens (tertiary/aromatic N) is 1. The maximum absolute atomic E-state index is 13.7. The molecule has 0 aliphatic rings. The zero-order valence-corrected chi connectivity index (χ0v) is 9.09. The maximum Gasteiger partial charge on any atom is 0.152 e. The molecule has 1 aromatic carbocycles. The first kappa shape index (κ1) is 10.7. The fourth-order valence-electron chi connectivity index (χ4n) is 1.84. The van der Waals surface area contributed by atoms with Crippen molar-refractivity contribution < 1.29 is 8.78 Å². The van der Waals surface area contributed by atoms with Crippen LogP contribution in [0.5, 0.6) is 0 Å². The third-order valence-corrected chi connectivity index (χ3v) is 2.55. The Bertz CT molecular complexity index is 501. The van der Waals surface area contributed by atoms with Crippen molar-refractivity contribution in [1.82, 2.24) is 4.57 Å². The second-order valence-corrected chi connectivity index (χ2v) is 3.78. The van der Waals surface area contributed by atoms with Gasteiger partial charge in [0.15, 0.2) is 5.82 Å². The van der Waals surface area contributed by atoms with Gasteiger partial charge < -0.3 is 10.3 Å². The van der Waals surface area contributed by atoms with Crippen LogP contribution in [-0.4, -0.2) is 4.57 Å². The Morgan fingerprint density at radius 1 is 1.06 bits per heavy atom. The number of anilines is 1. The van der Waals surface area contributed by atoms with Crippen LogP contribution in [0.15, 0.2) is 24.3 Å². The van der Waals surface area contributed by atoms with E-state index < -0.39 is 11.6 Å². The number of aromatic nitrogens is 1. The smallest absolute Gasteiger partial charge is 0.152 e. The lowest BCUT2D eigenvalue weighted by molar-refractivity contribution is 0.578. The van der Waals surface area contributed by atoms with Crippen molar-refractivity contribution in [1.29, 1.82) is 0 Å². The molecule has 1 aromatic heterocycles. The second-order valence-electron chi connectivity index (χ2n) is 3.78. The molecule has 2 rings (SSSR count). The summed E-state index contributed by atoms with van der Waals surface area (Å²) in [6, 6.07) is 5.68. The van der Waals surface area contributed by atoms with Gasteiger partial charge in [-0.15, -0.1) is 0 Å². The van der Waals surface area contributed by atoms with Crippen LogP contribution in [0.3, 0.4) is 0 Å². The minimum atomic E-state index is -0.666. The largest absolute Gasteiger partial charge is 0.397 e. The third kappa shape index (κ3) is 1.56. The van der Waals surface area contributed by atoms with Gasteiger partial charge in [-0.2, -0.15) is 0 Å². The Morgan fingerprint density at radius 3 is 2.12 bits per heavy atom. The van der Waals surface area contributed by atoms with E-state index in [2.05, 4.69) is 0 Å². The predicted octanol–water partition coefficient (Wildman–Crippen LogP) is 2.95. The van der Waals surface area contributed by atoms with E-state index in [0.29, 0.717) is 0 Å². The summed E-state index contributed by atoms with van der Waals surface area (Å²) in [6.07, 6.45) is 0. The highest BCUT2D eigenvalue weighted by Gasteiger charge is 2.14. The number of benzene rings is 1. The highest BCUT2D eigenvalue weighted by Crippen LogP contribution is 2.26. The zero-order chi connectivity index (χ0) is 11.9. The normalized spacial score (nSPS) is 10.8. The molecule has 4 heteroatoms. The lowest BCUT2D eigenvalue weighted by Crippen LogP contribution is -2.06. The van der Waals surface area contributed by atoms with Crippen molar-refractivity contribution in [3.8, 4) is 5.69 Å². The van der Waals surface area contributed by atoms with Gasteiger partial charge in [-0.1, -0.05) is 0 Å². The molecule has 84 valence electrons. The first-order chi connectivity index (χ1) is 7.50. The van der Waals surface area contributed by atoms with Gasteiger partial charge in [0, 0.05) is 17.5 Å². The molecule has 0 aliphatic heterocycles. The monoisotopic (exact) mass is 222 g/mol. The van der Waals surface area contributed by atoms with Gasteiger partial charge in [0.1, 0.15) is 11.5 Å². The lowest BCUT2D eigenvalue weighted by atomic mass is 10.2. The molecule has 0 fully saturated rings. The molecule has 0 saturated carbocycles. The highest BCUT2D eigenvalue weighted by atomic mass is 19.1. The van der Waals surface area contributed by atoms with E-state index in [0.717, 1.165) is 23.5 Å². The minimum absolute atomic E-state index is 0.0971. The summed E-state index contributed by atoms with van der Waals surface area (Å²) in [5, 5.41) is 0. The molecule has 0 unspecified atom stereocenters. The molecule has 0 radical (unpaired) electrons. The molecule has 0 bridgehead atoms. The van der Waals surface area contributed by atoms with E-state index in [9.17, 15) is 8.78 Å². The van der Waals surface area contributed by atoms with Crippen molar-refractivity contribution in [2.45, 2.75) is 13.8 Å². The lowest BCUT2D eigenvalue weighted by Gasteiger charge is -2.13. The van der Waals surface area contributed by atoms with E-state index in [1.807, 2.05) is 26.0 Å². The van der Waals surface area contributed by atoms with Crippen LogP contribution in [0.4, 0.5) is 14.5 Å². The Labute approximate surface area is 92.3 Å². The number of hydrogen-bond donors (Lipinski definition) is 1. The van der Waals surface area contributed by atoms with Crippen LogP contribution >= 0.6 is 0 Å². The Kier molecular flexibility index (Phi) is 2.42. The van der Waals surface area contributed by atoms with E-state index in [1.54, 1.807) is 4.57 Å². The van der Waals surface area contributed by atoms with E-state index in [1.165, 1.54) is 0 Å². The summed E-state index contributed by atoms with van der Waals surface area (Å²) < 4.78 is 28.3. The van der Waals surface area contributed by atoms with Crippen molar-refractivity contribution in [2.75, 3.05) is 5.73 Å².